The van der Waals surface area contributed by atoms with Crippen molar-refractivity contribution in [3.05, 3.63) is 286 Å². The Bertz CT molecular complexity index is 3980. The maximum absolute atomic E-state index is 5.29. The van der Waals surface area contributed by atoms with Gasteiger partial charge in [0.1, 0.15) is 0 Å². The number of hydrogen-bond acceptors (Lipinski definition) is 3. The van der Waals surface area contributed by atoms with Crippen LogP contribution in [-0.4, -0.2) is 24.5 Å². The number of pyridine rings is 1. The summed E-state index contributed by atoms with van der Waals surface area (Å²) in [7, 11) is 0. The van der Waals surface area contributed by atoms with E-state index in [0.717, 1.165) is 111 Å². The van der Waals surface area contributed by atoms with E-state index in [2.05, 4.69) is 213 Å². The number of nitrogens with zero attached hydrogens (tertiary/aromatic N) is 5. The largest absolute Gasteiger partial charge is 3.00 e. The van der Waals surface area contributed by atoms with Gasteiger partial charge in [0, 0.05) is 35.3 Å². The molecular weight excluding hydrogens is 1090 g/mol. The molecule has 13 rings (SSSR count). The Kier molecular flexibility index (Phi) is 12.9. The number of para-hydroxylation sites is 2. The maximum Gasteiger partial charge on any atom is 3.00 e. The summed E-state index contributed by atoms with van der Waals surface area (Å²) in [6.45, 7) is 0. The van der Waals surface area contributed by atoms with Crippen molar-refractivity contribution in [1.29, 1.82) is 0 Å². The van der Waals surface area contributed by atoms with Crippen LogP contribution in [0.4, 0.5) is 0 Å². The average Bonchev–Trinajstić information content (AvgIpc) is 4.20. The molecule has 0 unspecified atom stereocenters. The summed E-state index contributed by atoms with van der Waals surface area (Å²) in [5.74, 6) is 0. The number of aromatic nitrogens is 5. The molecule has 13 aromatic rings. The molecule has 0 aliphatic rings. The summed E-state index contributed by atoms with van der Waals surface area (Å²) < 4.78 is 3.77. The minimum atomic E-state index is 0. The van der Waals surface area contributed by atoms with Crippen LogP contribution in [-0.2, 0) is 20.1 Å². The standard InChI is InChI=1S/C69H44N5.Ir/c1-4-19-48(20-5-1)49-35-37-50(38-36-49)51-21-18-22-52(39-51)69-67-34-17-16-33-66(67)68(45-70-69)65-32-15-14-29-62(65)55-41-53(60-27-10-12-30-63(60)56-43-71-73(46-56)58-23-6-2-7-24-58)40-54(42-55)61-28-11-13-31-64(61)57-44-72-74(47-57)59-25-8-3-9-26-59;/h1-21,23,25,27-47H;/q-3;+3. The Hall–Kier alpha value is -9.32. The van der Waals surface area contributed by atoms with Gasteiger partial charge in [-0.2, -0.15) is 58.7 Å². The summed E-state index contributed by atoms with van der Waals surface area (Å²) in [5, 5.41) is 11.8. The van der Waals surface area contributed by atoms with Crippen molar-refractivity contribution in [2.24, 2.45) is 0 Å². The van der Waals surface area contributed by atoms with Crippen molar-refractivity contribution in [2.45, 2.75) is 0 Å². The first kappa shape index (κ1) is 46.7. The molecule has 0 amide bonds. The molecule has 0 saturated heterocycles. The van der Waals surface area contributed by atoms with Crippen molar-refractivity contribution in [2.75, 3.05) is 0 Å². The van der Waals surface area contributed by atoms with Gasteiger partial charge < -0.3 is 4.98 Å². The van der Waals surface area contributed by atoms with Gasteiger partial charge in [-0.15, -0.1) is 47.5 Å². The summed E-state index contributed by atoms with van der Waals surface area (Å²) in [6.07, 6.45) is 10.1. The first-order valence-electron chi connectivity index (χ1n) is 24.7. The molecule has 0 N–H and O–H groups in total. The van der Waals surface area contributed by atoms with Crippen molar-refractivity contribution >= 4 is 10.8 Å². The molecule has 0 aliphatic heterocycles. The normalized spacial score (nSPS) is 11.1. The fourth-order valence-corrected chi connectivity index (χ4v) is 10.2. The predicted molar refractivity (Wildman–Crippen MR) is 301 cm³/mol. The second-order valence-corrected chi connectivity index (χ2v) is 18.3. The quantitative estimate of drug-likeness (QED) is 0.121. The first-order chi connectivity index (χ1) is 36.7. The van der Waals surface area contributed by atoms with E-state index < -0.39 is 0 Å². The molecule has 6 heteroatoms. The average molecular weight is 1140 g/mol. The molecule has 75 heavy (non-hydrogen) atoms. The van der Waals surface area contributed by atoms with Crippen LogP contribution in [0.15, 0.2) is 268 Å². The van der Waals surface area contributed by atoms with Gasteiger partial charge in [0.15, 0.2) is 0 Å². The van der Waals surface area contributed by atoms with Crippen LogP contribution in [0.3, 0.4) is 0 Å². The zero-order valence-corrected chi connectivity index (χ0v) is 42.9. The van der Waals surface area contributed by atoms with Crippen LogP contribution in [0.5, 0.6) is 0 Å². The second-order valence-electron chi connectivity index (χ2n) is 18.3. The second kappa shape index (κ2) is 20.7. The van der Waals surface area contributed by atoms with Gasteiger partial charge in [-0.3, -0.25) is 9.36 Å². The van der Waals surface area contributed by atoms with E-state index in [0.29, 0.717) is 0 Å². The van der Waals surface area contributed by atoms with E-state index in [9.17, 15) is 0 Å². The summed E-state index contributed by atoms with van der Waals surface area (Å²) in [4.78, 5) is 5.29. The fourth-order valence-electron chi connectivity index (χ4n) is 10.2. The van der Waals surface area contributed by atoms with Gasteiger partial charge in [-0.25, -0.2) is 0 Å². The van der Waals surface area contributed by atoms with Crippen molar-refractivity contribution in [3.63, 3.8) is 0 Å². The van der Waals surface area contributed by atoms with Gasteiger partial charge in [-0.05, 0) is 113 Å². The number of hydrogen-bond donors (Lipinski definition) is 0. The Morgan fingerprint density at radius 2 is 0.733 bits per heavy atom. The molecule has 0 aliphatic carbocycles. The zero-order valence-electron chi connectivity index (χ0n) is 40.5. The number of fused-ring (bicyclic) bond motifs is 1. The van der Waals surface area contributed by atoms with Crippen molar-refractivity contribution in [3.8, 4) is 112 Å². The molecule has 0 spiro atoms. The molecule has 5 nitrogen and oxygen atoms in total. The van der Waals surface area contributed by atoms with Crippen LogP contribution in [0.25, 0.3) is 122 Å². The van der Waals surface area contributed by atoms with E-state index in [1.165, 1.54) is 11.1 Å². The topological polar surface area (TPSA) is 48.5 Å². The van der Waals surface area contributed by atoms with E-state index in [1.54, 1.807) is 0 Å². The van der Waals surface area contributed by atoms with Crippen LogP contribution in [0, 0.1) is 18.2 Å². The van der Waals surface area contributed by atoms with Gasteiger partial charge in [-0.1, -0.05) is 152 Å². The summed E-state index contributed by atoms with van der Waals surface area (Å²) >= 11 is 0. The van der Waals surface area contributed by atoms with Crippen LogP contribution < -0.4 is 0 Å². The molecule has 3 heterocycles. The van der Waals surface area contributed by atoms with Gasteiger partial charge in [0.2, 0.25) is 0 Å². The van der Waals surface area contributed by atoms with Crippen molar-refractivity contribution < 1.29 is 20.1 Å². The minimum Gasteiger partial charge on any atom is -0.303 e. The first-order valence-corrected chi connectivity index (χ1v) is 24.7. The molecule has 0 bridgehead atoms. The fraction of sp³-hybridized carbons (Fsp3) is 0. The molecule has 0 fully saturated rings. The SMILES string of the molecule is [Ir+3].[c-]1ccc(-c2ccc(-c3ccccc3)cc2)cc1-c1ncc(-c2ccccc2-c2cc(-c3ccccc3-c3cnn(-c4[c-]cccc4)c3)cc(-c3ccccc3-c3cnn(-c4[c-]cccc4)c3)c2)c2ccccc12. The third kappa shape index (κ3) is 9.26. The Balaban J connectivity index is 0.00000569. The van der Waals surface area contributed by atoms with Gasteiger partial charge in [0.05, 0.1) is 12.4 Å². The Morgan fingerprint density at radius 1 is 0.293 bits per heavy atom. The van der Waals surface area contributed by atoms with Gasteiger partial charge >= 0.3 is 20.1 Å². The van der Waals surface area contributed by atoms with Gasteiger partial charge in [0.25, 0.3) is 0 Å². The summed E-state index contributed by atoms with van der Waals surface area (Å²) in [6, 6.07) is 93.2. The van der Waals surface area contributed by atoms with Crippen LogP contribution >= 0.6 is 0 Å². The third-order valence-electron chi connectivity index (χ3n) is 13.8. The minimum absolute atomic E-state index is 0. The van der Waals surface area contributed by atoms with E-state index >= 15 is 0 Å². The third-order valence-corrected chi connectivity index (χ3v) is 13.8. The van der Waals surface area contributed by atoms with E-state index in [4.69, 9.17) is 15.2 Å². The molecule has 0 saturated carbocycles. The Morgan fingerprint density at radius 3 is 1.27 bits per heavy atom. The summed E-state index contributed by atoms with van der Waals surface area (Å²) in [5.41, 5.74) is 21.1. The zero-order chi connectivity index (χ0) is 49.2. The molecule has 354 valence electrons. The molecule has 10 aromatic carbocycles. The predicted octanol–water partition coefficient (Wildman–Crippen LogP) is 17.0. The molecular formula is C69H44IrN5. The van der Waals surface area contributed by atoms with E-state index in [1.807, 2.05) is 82.6 Å². The van der Waals surface area contributed by atoms with Crippen LogP contribution in [0.2, 0.25) is 0 Å². The monoisotopic (exact) mass is 1140 g/mol. The maximum atomic E-state index is 5.29. The van der Waals surface area contributed by atoms with Crippen molar-refractivity contribution in [1.82, 2.24) is 24.5 Å². The Labute approximate surface area is 450 Å². The molecule has 3 aromatic heterocycles. The number of benzene rings is 10. The molecule has 0 radical (unpaired) electrons. The smallest absolute Gasteiger partial charge is 0.303 e. The molecule has 0 atom stereocenters. The van der Waals surface area contributed by atoms with Crippen LogP contribution in [0.1, 0.15) is 0 Å². The van der Waals surface area contributed by atoms with E-state index in [-0.39, 0.29) is 20.1 Å². The number of rotatable bonds is 11.